The highest BCUT2D eigenvalue weighted by Gasteiger charge is 2.20. The Balaban J connectivity index is 2.12. The number of rotatable bonds is 1. The minimum Gasteiger partial charge on any atom is -0.386 e. The van der Waals surface area contributed by atoms with E-state index in [4.69, 9.17) is 5.73 Å². The van der Waals surface area contributed by atoms with Crippen LogP contribution in [0, 0.1) is 5.92 Å². The number of nitrogens with two attached hydrogens (primary N) is 1. The molecule has 2 aliphatic heterocycles. The van der Waals surface area contributed by atoms with E-state index in [2.05, 4.69) is 23.6 Å². The van der Waals surface area contributed by atoms with Crippen LogP contribution in [0.15, 0.2) is 23.0 Å². The monoisotopic (exact) mass is 193 g/mol. The van der Waals surface area contributed by atoms with Crippen molar-refractivity contribution in [1.82, 2.24) is 10.6 Å². The van der Waals surface area contributed by atoms with Gasteiger partial charge in [-0.15, -0.1) is 0 Å². The van der Waals surface area contributed by atoms with E-state index in [1.54, 1.807) is 5.57 Å². The van der Waals surface area contributed by atoms with Crippen molar-refractivity contribution in [2.45, 2.75) is 19.8 Å². The van der Waals surface area contributed by atoms with E-state index in [0.29, 0.717) is 0 Å². The summed E-state index contributed by atoms with van der Waals surface area (Å²) >= 11 is 0. The molecule has 0 radical (unpaired) electrons. The van der Waals surface area contributed by atoms with Gasteiger partial charge in [-0.25, -0.2) is 0 Å². The van der Waals surface area contributed by atoms with E-state index in [-0.39, 0.29) is 0 Å². The Labute approximate surface area is 85.4 Å². The summed E-state index contributed by atoms with van der Waals surface area (Å²) in [6.07, 6.45) is 4.59. The molecule has 1 saturated heterocycles. The molecule has 1 fully saturated rings. The van der Waals surface area contributed by atoms with Crippen molar-refractivity contribution in [1.29, 1.82) is 0 Å². The first-order valence-electron chi connectivity index (χ1n) is 5.39. The molecule has 3 heteroatoms. The van der Waals surface area contributed by atoms with Crippen molar-refractivity contribution in [3.05, 3.63) is 23.0 Å². The minimum atomic E-state index is 0.757. The van der Waals surface area contributed by atoms with Crippen LogP contribution in [-0.2, 0) is 0 Å². The second-order valence-corrected chi connectivity index (χ2v) is 4.19. The van der Waals surface area contributed by atoms with Crippen molar-refractivity contribution >= 4 is 0 Å². The number of piperidine rings is 1. The van der Waals surface area contributed by atoms with E-state index in [1.807, 2.05) is 0 Å². The quantitative estimate of drug-likeness (QED) is 0.575. The Morgan fingerprint density at radius 2 is 2.07 bits per heavy atom. The number of nitrogens with one attached hydrogen (secondary N) is 2. The fourth-order valence-electron chi connectivity index (χ4n) is 2.35. The molecule has 2 aliphatic rings. The maximum absolute atomic E-state index is 5.72. The summed E-state index contributed by atoms with van der Waals surface area (Å²) in [5, 5.41) is 6.61. The molecular weight excluding hydrogens is 174 g/mol. The molecule has 0 aromatic heterocycles. The highest BCUT2D eigenvalue weighted by Crippen LogP contribution is 2.26. The predicted octanol–water partition coefficient (Wildman–Crippen LogP) is 0.706. The normalized spacial score (nSPS) is 24.5. The standard InChI is InChI=1S/C11H19N3/c1-8-6-11(12)14-7-10(8)9-2-4-13-5-3-9/h6,9,13-14H,2-5,7,12H2,1H3. The molecule has 0 saturated carbocycles. The lowest BCUT2D eigenvalue weighted by atomic mass is 9.86. The third-order valence-corrected chi connectivity index (χ3v) is 3.19. The zero-order valence-corrected chi connectivity index (χ0v) is 8.77. The minimum absolute atomic E-state index is 0.757. The highest BCUT2D eigenvalue weighted by molar-refractivity contribution is 5.32. The van der Waals surface area contributed by atoms with E-state index in [1.165, 1.54) is 18.4 Å². The molecule has 2 heterocycles. The molecule has 3 nitrogen and oxygen atoms in total. The Morgan fingerprint density at radius 1 is 1.36 bits per heavy atom. The second-order valence-electron chi connectivity index (χ2n) is 4.19. The van der Waals surface area contributed by atoms with Gasteiger partial charge in [-0.2, -0.15) is 0 Å². The van der Waals surface area contributed by atoms with E-state index in [0.717, 1.165) is 31.4 Å². The van der Waals surface area contributed by atoms with Gasteiger partial charge in [0.2, 0.25) is 0 Å². The number of hydrogen-bond donors (Lipinski definition) is 3. The zero-order valence-electron chi connectivity index (χ0n) is 8.77. The lowest BCUT2D eigenvalue weighted by Crippen LogP contribution is -2.34. The maximum atomic E-state index is 5.72. The fraction of sp³-hybridized carbons (Fsp3) is 0.636. The summed E-state index contributed by atoms with van der Waals surface area (Å²) < 4.78 is 0. The first-order chi connectivity index (χ1) is 6.77. The summed E-state index contributed by atoms with van der Waals surface area (Å²) in [7, 11) is 0. The largest absolute Gasteiger partial charge is 0.386 e. The smallest absolute Gasteiger partial charge is 0.0965 e. The van der Waals surface area contributed by atoms with Crippen LogP contribution >= 0.6 is 0 Å². The van der Waals surface area contributed by atoms with Gasteiger partial charge in [0.15, 0.2) is 0 Å². The van der Waals surface area contributed by atoms with Gasteiger partial charge in [-0.1, -0.05) is 0 Å². The third-order valence-electron chi connectivity index (χ3n) is 3.19. The van der Waals surface area contributed by atoms with Crippen LogP contribution in [-0.4, -0.2) is 19.6 Å². The lowest BCUT2D eigenvalue weighted by molar-refractivity contribution is 0.410. The van der Waals surface area contributed by atoms with E-state index < -0.39 is 0 Å². The molecule has 0 spiro atoms. The average Bonchev–Trinajstić information content (AvgIpc) is 2.19. The molecule has 0 aromatic carbocycles. The summed E-state index contributed by atoms with van der Waals surface area (Å²) in [4.78, 5) is 0. The maximum Gasteiger partial charge on any atom is 0.0965 e. The summed E-state index contributed by atoms with van der Waals surface area (Å²) in [5.41, 5.74) is 8.65. The van der Waals surface area contributed by atoms with Crippen LogP contribution in [0.2, 0.25) is 0 Å². The Morgan fingerprint density at radius 3 is 2.71 bits per heavy atom. The highest BCUT2D eigenvalue weighted by atomic mass is 15.0. The van der Waals surface area contributed by atoms with Crippen LogP contribution in [0.4, 0.5) is 0 Å². The Bertz CT molecular complexity index is 272. The van der Waals surface area contributed by atoms with Crippen molar-refractivity contribution in [2.75, 3.05) is 19.6 Å². The molecule has 2 rings (SSSR count). The van der Waals surface area contributed by atoms with Gasteiger partial charge in [0.25, 0.3) is 0 Å². The van der Waals surface area contributed by atoms with Gasteiger partial charge in [0.05, 0.1) is 5.82 Å². The number of hydrogen-bond acceptors (Lipinski definition) is 3. The zero-order chi connectivity index (χ0) is 9.97. The van der Waals surface area contributed by atoms with E-state index >= 15 is 0 Å². The van der Waals surface area contributed by atoms with Crippen LogP contribution in [0.5, 0.6) is 0 Å². The first kappa shape index (κ1) is 9.59. The molecule has 0 bridgehead atoms. The van der Waals surface area contributed by atoms with Crippen molar-refractivity contribution in [3.63, 3.8) is 0 Å². The third kappa shape index (κ3) is 1.93. The molecule has 0 aromatic rings. The fourth-order valence-corrected chi connectivity index (χ4v) is 2.35. The number of allylic oxidation sites excluding steroid dienone is 2. The second kappa shape index (κ2) is 4.05. The Hall–Kier alpha value is -0.960. The molecule has 78 valence electrons. The van der Waals surface area contributed by atoms with Gasteiger partial charge in [0, 0.05) is 6.54 Å². The SMILES string of the molecule is CC1=C(C2CCNCC2)CNC(N)=C1. The summed E-state index contributed by atoms with van der Waals surface area (Å²) in [6, 6.07) is 0. The van der Waals surface area contributed by atoms with Crippen molar-refractivity contribution in [3.8, 4) is 0 Å². The molecule has 0 aliphatic carbocycles. The first-order valence-corrected chi connectivity index (χ1v) is 5.39. The van der Waals surface area contributed by atoms with Crippen LogP contribution in [0.25, 0.3) is 0 Å². The molecule has 0 atom stereocenters. The van der Waals surface area contributed by atoms with Gasteiger partial charge >= 0.3 is 0 Å². The van der Waals surface area contributed by atoms with Gasteiger partial charge < -0.3 is 16.4 Å². The van der Waals surface area contributed by atoms with Gasteiger partial charge in [-0.3, -0.25) is 0 Å². The molecule has 0 amide bonds. The van der Waals surface area contributed by atoms with Crippen LogP contribution < -0.4 is 16.4 Å². The van der Waals surface area contributed by atoms with Crippen LogP contribution in [0.3, 0.4) is 0 Å². The van der Waals surface area contributed by atoms with Gasteiger partial charge in [-0.05, 0) is 56.0 Å². The van der Waals surface area contributed by atoms with Crippen molar-refractivity contribution in [2.24, 2.45) is 11.7 Å². The van der Waals surface area contributed by atoms with E-state index in [9.17, 15) is 0 Å². The summed E-state index contributed by atoms with van der Waals surface area (Å²) in [5.74, 6) is 1.56. The predicted molar refractivity (Wildman–Crippen MR) is 58.6 cm³/mol. The average molecular weight is 193 g/mol. The Kier molecular flexibility index (Phi) is 2.77. The topological polar surface area (TPSA) is 50.1 Å². The molecular formula is C11H19N3. The van der Waals surface area contributed by atoms with Gasteiger partial charge in [0.1, 0.15) is 0 Å². The van der Waals surface area contributed by atoms with Crippen molar-refractivity contribution < 1.29 is 0 Å². The molecule has 4 N–H and O–H groups in total. The molecule has 14 heavy (non-hydrogen) atoms. The lowest BCUT2D eigenvalue weighted by Gasteiger charge is -2.29. The summed E-state index contributed by atoms with van der Waals surface area (Å²) in [6.45, 7) is 5.42. The van der Waals surface area contributed by atoms with Crippen LogP contribution in [0.1, 0.15) is 19.8 Å². The number of dihydropyridines is 1. The molecule has 0 unspecified atom stereocenters.